The second kappa shape index (κ2) is 6.92. The van der Waals surface area contributed by atoms with Gasteiger partial charge in [-0.25, -0.2) is 18.7 Å². The van der Waals surface area contributed by atoms with E-state index in [2.05, 4.69) is 20.3 Å². The van der Waals surface area contributed by atoms with Gasteiger partial charge in [0.05, 0.1) is 23.1 Å². The van der Waals surface area contributed by atoms with E-state index >= 15 is 0 Å². The number of nitrogens with one attached hydrogen (secondary N) is 1. The molecule has 1 N–H and O–H groups in total. The summed E-state index contributed by atoms with van der Waals surface area (Å²) < 4.78 is 32.9. The molecular weight excluding hydrogens is 374 g/mol. The predicted octanol–water partition coefficient (Wildman–Crippen LogP) is 5.14. The molecule has 0 radical (unpaired) electrons. The molecule has 4 aromatic rings. The molecule has 0 aliphatic rings. The minimum atomic E-state index is -0.616. The van der Waals surface area contributed by atoms with Crippen LogP contribution in [0.5, 0.6) is 0 Å². The zero-order valence-electron chi connectivity index (χ0n) is 14.1. The van der Waals surface area contributed by atoms with Gasteiger partial charge in [0.25, 0.3) is 0 Å². The molecule has 0 bridgehead atoms. The zero-order chi connectivity index (χ0) is 19.0. The lowest BCUT2D eigenvalue weighted by molar-refractivity contribution is 0.559. The van der Waals surface area contributed by atoms with Crippen molar-refractivity contribution in [2.45, 2.75) is 13.5 Å². The van der Waals surface area contributed by atoms with Gasteiger partial charge in [0, 0.05) is 24.6 Å². The lowest BCUT2D eigenvalue weighted by Crippen LogP contribution is -2.06. The van der Waals surface area contributed by atoms with Crippen LogP contribution in [0.2, 0.25) is 5.02 Å². The molecule has 0 aliphatic carbocycles. The summed E-state index contributed by atoms with van der Waals surface area (Å²) in [5.74, 6) is -0.303. The van der Waals surface area contributed by atoms with E-state index in [0.29, 0.717) is 39.1 Å². The van der Waals surface area contributed by atoms with Crippen LogP contribution in [0.25, 0.3) is 22.4 Å². The van der Waals surface area contributed by atoms with Crippen molar-refractivity contribution >= 4 is 28.5 Å². The van der Waals surface area contributed by atoms with Crippen molar-refractivity contribution in [3.05, 3.63) is 70.8 Å². The molecule has 4 rings (SSSR count). The van der Waals surface area contributed by atoms with E-state index in [4.69, 9.17) is 16.0 Å². The molecule has 2 aromatic carbocycles. The third kappa shape index (κ3) is 3.46. The molecule has 0 saturated carbocycles. The third-order valence-corrected chi connectivity index (χ3v) is 4.33. The third-order valence-electron chi connectivity index (χ3n) is 4.02. The van der Waals surface area contributed by atoms with Crippen molar-refractivity contribution in [3.8, 4) is 11.3 Å². The van der Waals surface area contributed by atoms with Crippen molar-refractivity contribution in [2.24, 2.45) is 0 Å². The first kappa shape index (κ1) is 17.4. The van der Waals surface area contributed by atoms with Gasteiger partial charge in [-0.1, -0.05) is 17.7 Å². The van der Waals surface area contributed by atoms with Crippen LogP contribution >= 0.6 is 11.6 Å². The fourth-order valence-corrected chi connectivity index (χ4v) is 2.95. The van der Waals surface area contributed by atoms with Gasteiger partial charge in [-0.2, -0.15) is 0 Å². The smallest absolute Gasteiger partial charge is 0.192 e. The highest BCUT2D eigenvalue weighted by Gasteiger charge is 2.12. The lowest BCUT2D eigenvalue weighted by atomic mass is 10.1. The molecule has 136 valence electrons. The highest BCUT2D eigenvalue weighted by Crippen LogP contribution is 2.31. The average molecular weight is 387 g/mol. The SMILES string of the molecule is Cc1nc2cc(Cl)c(-c3cnc(NCc4c(F)cccc4F)cn3)cc2o1. The van der Waals surface area contributed by atoms with Crippen LogP contribution in [0, 0.1) is 18.6 Å². The molecule has 0 spiro atoms. The van der Waals surface area contributed by atoms with E-state index in [0.717, 1.165) is 0 Å². The van der Waals surface area contributed by atoms with E-state index in [9.17, 15) is 8.78 Å². The summed E-state index contributed by atoms with van der Waals surface area (Å²) in [5, 5.41) is 3.33. The minimum absolute atomic E-state index is 0.0450. The summed E-state index contributed by atoms with van der Waals surface area (Å²) in [6.07, 6.45) is 3.00. The quantitative estimate of drug-likeness (QED) is 0.526. The number of hydrogen-bond donors (Lipinski definition) is 1. The van der Waals surface area contributed by atoms with E-state index in [1.807, 2.05) is 0 Å². The fraction of sp³-hybridized carbons (Fsp3) is 0.105. The van der Waals surface area contributed by atoms with E-state index < -0.39 is 11.6 Å². The van der Waals surface area contributed by atoms with Crippen LogP contribution in [-0.4, -0.2) is 15.0 Å². The van der Waals surface area contributed by atoms with Crippen LogP contribution in [0.15, 0.2) is 47.1 Å². The molecule has 0 fully saturated rings. The Hall–Kier alpha value is -3.06. The molecular formula is C19H13ClF2N4O. The Labute approximate surface area is 158 Å². The highest BCUT2D eigenvalue weighted by molar-refractivity contribution is 6.34. The van der Waals surface area contributed by atoms with Crippen molar-refractivity contribution in [1.29, 1.82) is 0 Å². The lowest BCUT2D eigenvalue weighted by Gasteiger charge is -2.08. The van der Waals surface area contributed by atoms with Gasteiger partial charge in [-0.15, -0.1) is 0 Å². The van der Waals surface area contributed by atoms with E-state index in [-0.39, 0.29) is 12.1 Å². The molecule has 8 heteroatoms. The van der Waals surface area contributed by atoms with Gasteiger partial charge < -0.3 is 9.73 Å². The van der Waals surface area contributed by atoms with Gasteiger partial charge in [-0.05, 0) is 24.3 Å². The largest absolute Gasteiger partial charge is 0.441 e. The van der Waals surface area contributed by atoms with Gasteiger partial charge in [-0.3, -0.25) is 4.98 Å². The van der Waals surface area contributed by atoms with Gasteiger partial charge >= 0.3 is 0 Å². The Bertz CT molecular complexity index is 1110. The molecule has 0 atom stereocenters. The second-order valence-electron chi connectivity index (χ2n) is 5.87. The summed E-state index contributed by atoms with van der Waals surface area (Å²) in [6.45, 7) is 1.71. The maximum atomic E-state index is 13.7. The summed E-state index contributed by atoms with van der Waals surface area (Å²) >= 11 is 6.31. The summed E-state index contributed by atoms with van der Waals surface area (Å²) in [6, 6.07) is 7.19. The number of halogens is 3. The number of rotatable bonds is 4. The van der Waals surface area contributed by atoms with Crippen molar-refractivity contribution < 1.29 is 13.2 Å². The number of benzene rings is 2. The Morgan fingerprint density at radius 1 is 1.11 bits per heavy atom. The standard InChI is InChI=1S/C19H13ClF2N4O/c1-10-26-16-6-13(20)11(5-18(16)27-10)17-8-25-19(9-23-17)24-7-12-14(21)3-2-4-15(12)22/h2-6,8-9H,7H2,1H3,(H,24,25). The Kier molecular flexibility index (Phi) is 4.45. The molecule has 27 heavy (non-hydrogen) atoms. The van der Waals surface area contributed by atoms with E-state index in [1.54, 1.807) is 19.1 Å². The van der Waals surface area contributed by atoms with Gasteiger partial charge in [0.15, 0.2) is 11.5 Å². The van der Waals surface area contributed by atoms with Crippen LogP contribution in [0.4, 0.5) is 14.6 Å². The molecule has 0 unspecified atom stereocenters. The number of fused-ring (bicyclic) bond motifs is 1. The summed E-state index contributed by atoms with van der Waals surface area (Å²) in [4.78, 5) is 12.8. The number of aryl methyl sites for hydroxylation is 1. The van der Waals surface area contributed by atoms with Crippen LogP contribution < -0.4 is 5.32 Å². The van der Waals surface area contributed by atoms with Gasteiger partial charge in [0.1, 0.15) is 23.0 Å². The first-order valence-electron chi connectivity index (χ1n) is 8.07. The van der Waals surface area contributed by atoms with Crippen LogP contribution in [-0.2, 0) is 6.54 Å². The molecule has 5 nitrogen and oxygen atoms in total. The number of oxazole rings is 1. The van der Waals surface area contributed by atoms with E-state index in [1.165, 1.54) is 30.6 Å². The van der Waals surface area contributed by atoms with Crippen LogP contribution in [0.1, 0.15) is 11.5 Å². The molecule has 0 amide bonds. The Morgan fingerprint density at radius 2 is 1.89 bits per heavy atom. The maximum absolute atomic E-state index is 13.7. The Balaban J connectivity index is 1.56. The molecule has 0 aliphatic heterocycles. The van der Waals surface area contributed by atoms with Crippen LogP contribution in [0.3, 0.4) is 0 Å². The van der Waals surface area contributed by atoms with Crippen molar-refractivity contribution in [2.75, 3.05) is 5.32 Å². The average Bonchev–Trinajstić information content (AvgIpc) is 3.00. The topological polar surface area (TPSA) is 63.8 Å². The monoisotopic (exact) mass is 386 g/mol. The normalized spacial score (nSPS) is 11.1. The van der Waals surface area contributed by atoms with Gasteiger partial charge in [0.2, 0.25) is 0 Å². The van der Waals surface area contributed by atoms with Crippen molar-refractivity contribution in [3.63, 3.8) is 0 Å². The molecule has 2 aromatic heterocycles. The molecule has 2 heterocycles. The summed E-state index contributed by atoms with van der Waals surface area (Å²) in [5.41, 5.74) is 2.40. The minimum Gasteiger partial charge on any atom is -0.441 e. The highest BCUT2D eigenvalue weighted by atomic mass is 35.5. The second-order valence-corrected chi connectivity index (χ2v) is 6.28. The summed E-state index contributed by atoms with van der Waals surface area (Å²) in [7, 11) is 0. The number of anilines is 1. The molecule has 0 saturated heterocycles. The number of hydrogen-bond acceptors (Lipinski definition) is 5. The maximum Gasteiger partial charge on any atom is 0.192 e. The zero-order valence-corrected chi connectivity index (χ0v) is 14.9. The predicted molar refractivity (Wildman–Crippen MR) is 98.5 cm³/mol. The first-order chi connectivity index (χ1) is 13.0. The first-order valence-corrected chi connectivity index (χ1v) is 8.45. The number of nitrogens with zero attached hydrogens (tertiary/aromatic N) is 3. The number of aromatic nitrogens is 3. The van der Waals surface area contributed by atoms with Crippen molar-refractivity contribution in [1.82, 2.24) is 15.0 Å². The fourth-order valence-electron chi connectivity index (χ4n) is 2.70. The Morgan fingerprint density at radius 3 is 2.59 bits per heavy atom.